The number of hydrogen-bond acceptors (Lipinski definition) is 7. The standard InChI is InChI=1S/C10H17N3O4/c11-7-1-8(12)9(13-2-7)17-6-10(3-14,4-15)5-16/h1-2,14-16H,3-6,11-12H2. The monoisotopic (exact) mass is 243 g/mol. The first-order valence-corrected chi connectivity index (χ1v) is 5.03. The van der Waals surface area contributed by atoms with Crippen LogP contribution in [0.5, 0.6) is 5.88 Å². The molecule has 17 heavy (non-hydrogen) atoms. The van der Waals surface area contributed by atoms with Crippen molar-refractivity contribution in [1.82, 2.24) is 4.98 Å². The van der Waals surface area contributed by atoms with Gasteiger partial charge in [0, 0.05) is 0 Å². The lowest BCUT2D eigenvalue weighted by molar-refractivity contribution is -0.0266. The minimum absolute atomic E-state index is 0.0996. The molecular formula is C10H17N3O4. The first kappa shape index (κ1) is 13.5. The number of ether oxygens (including phenoxy) is 1. The molecular weight excluding hydrogens is 226 g/mol. The van der Waals surface area contributed by atoms with E-state index in [1.54, 1.807) is 0 Å². The van der Waals surface area contributed by atoms with Crippen LogP contribution in [0.3, 0.4) is 0 Å². The van der Waals surface area contributed by atoms with E-state index in [1.165, 1.54) is 12.3 Å². The molecule has 0 spiro atoms. The van der Waals surface area contributed by atoms with Crippen LogP contribution in [-0.2, 0) is 0 Å². The van der Waals surface area contributed by atoms with E-state index in [-0.39, 0.29) is 18.2 Å². The van der Waals surface area contributed by atoms with Crippen LogP contribution in [0.4, 0.5) is 11.4 Å². The second-order valence-electron chi connectivity index (χ2n) is 3.93. The van der Waals surface area contributed by atoms with Crippen LogP contribution >= 0.6 is 0 Å². The normalized spacial score (nSPS) is 11.5. The van der Waals surface area contributed by atoms with Crippen molar-refractivity contribution in [2.24, 2.45) is 5.41 Å². The van der Waals surface area contributed by atoms with Gasteiger partial charge in [0.15, 0.2) is 0 Å². The highest BCUT2D eigenvalue weighted by Gasteiger charge is 2.29. The smallest absolute Gasteiger partial charge is 0.237 e. The number of hydrogen-bond donors (Lipinski definition) is 5. The van der Waals surface area contributed by atoms with Crippen LogP contribution in [0, 0.1) is 5.41 Å². The van der Waals surface area contributed by atoms with Crippen LogP contribution in [-0.4, -0.2) is 46.7 Å². The van der Waals surface area contributed by atoms with Crippen molar-refractivity contribution >= 4 is 11.4 Å². The summed E-state index contributed by atoms with van der Waals surface area (Å²) >= 11 is 0. The molecule has 0 unspecified atom stereocenters. The highest BCUT2D eigenvalue weighted by molar-refractivity contribution is 5.56. The SMILES string of the molecule is Nc1cnc(OCC(CO)(CO)CO)c(N)c1. The van der Waals surface area contributed by atoms with Crippen molar-refractivity contribution in [3.05, 3.63) is 12.3 Å². The minimum Gasteiger partial charge on any atom is -0.475 e. The lowest BCUT2D eigenvalue weighted by Crippen LogP contribution is -2.40. The van der Waals surface area contributed by atoms with E-state index < -0.39 is 25.2 Å². The summed E-state index contributed by atoms with van der Waals surface area (Å²) in [6.45, 7) is -1.32. The highest BCUT2D eigenvalue weighted by atomic mass is 16.5. The molecule has 0 aliphatic heterocycles. The molecule has 1 heterocycles. The molecule has 96 valence electrons. The van der Waals surface area contributed by atoms with Crippen LogP contribution in [0.2, 0.25) is 0 Å². The number of aliphatic hydroxyl groups excluding tert-OH is 3. The fourth-order valence-corrected chi connectivity index (χ4v) is 1.12. The maximum atomic E-state index is 9.10. The number of nitrogen functional groups attached to an aromatic ring is 2. The van der Waals surface area contributed by atoms with Crippen molar-refractivity contribution in [3.63, 3.8) is 0 Å². The zero-order chi connectivity index (χ0) is 12.9. The predicted octanol–water partition coefficient (Wildman–Crippen LogP) is -1.41. The molecule has 0 aliphatic rings. The van der Waals surface area contributed by atoms with Gasteiger partial charge < -0.3 is 31.5 Å². The summed E-state index contributed by atoms with van der Waals surface area (Å²) in [5.74, 6) is 0.152. The first-order valence-electron chi connectivity index (χ1n) is 5.03. The number of aliphatic hydroxyl groups is 3. The summed E-state index contributed by atoms with van der Waals surface area (Å²) in [5.41, 5.74) is 10.6. The van der Waals surface area contributed by atoms with Gasteiger partial charge in [-0.15, -0.1) is 0 Å². The largest absolute Gasteiger partial charge is 0.475 e. The third kappa shape index (κ3) is 3.19. The fourth-order valence-electron chi connectivity index (χ4n) is 1.12. The van der Waals surface area contributed by atoms with E-state index in [4.69, 9.17) is 31.5 Å². The van der Waals surface area contributed by atoms with Crippen LogP contribution < -0.4 is 16.2 Å². The fraction of sp³-hybridized carbons (Fsp3) is 0.500. The number of nitrogens with two attached hydrogens (primary N) is 2. The summed E-state index contributed by atoms with van der Waals surface area (Å²) in [7, 11) is 0. The van der Waals surface area contributed by atoms with Crippen molar-refractivity contribution in [1.29, 1.82) is 0 Å². The Morgan fingerprint density at radius 1 is 1.18 bits per heavy atom. The summed E-state index contributed by atoms with van der Waals surface area (Å²) in [6, 6.07) is 1.49. The number of aromatic nitrogens is 1. The van der Waals surface area contributed by atoms with Gasteiger partial charge in [-0.1, -0.05) is 0 Å². The van der Waals surface area contributed by atoms with Crippen molar-refractivity contribution in [2.75, 3.05) is 37.9 Å². The Balaban J connectivity index is 2.72. The van der Waals surface area contributed by atoms with E-state index in [0.717, 1.165) is 0 Å². The van der Waals surface area contributed by atoms with Crippen molar-refractivity contribution in [3.8, 4) is 5.88 Å². The Labute approximate surface area is 98.7 Å². The summed E-state index contributed by atoms with van der Waals surface area (Å²) in [6.07, 6.45) is 1.38. The zero-order valence-corrected chi connectivity index (χ0v) is 9.33. The average molecular weight is 243 g/mol. The van der Waals surface area contributed by atoms with Crippen LogP contribution in [0.25, 0.3) is 0 Å². The Morgan fingerprint density at radius 2 is 1.76 bits per heavy atom. The first-order chi connectivity index (χ1) is 8.06. The van der Waals surface area contributed by atoms with Gasteiger partial charge in [-0.3, -0.25) is 0 Å². The topological polar surface area (TPSA) is 135 Å². The molecule has 0 atom stereocenters. The van der Waals surface area contributed by atoms with Crippen LogP contribution in [0.15, 0.2) is 12.3 Å². The quantitative estimate of drug-likeness (QED) is 0.414. The Kier molecular flexibility index (Phi) is 4.50. The molecule has 7 nitrogen and oxygen atoms in total. The highest BCUT2D eigenvalue weighted by Crippen LogP contribution is 2.23. The Morgan fingerprint density at radius 3 is 2.24 bits per heavy atom. The van der Waals surface area contributed by atoms with Crippen LogP contribution in [0.1, 0.15) is 0 Å². The van der Waals surface area contributed by atoms with Gasteiger partial charge in [0.05, 0.1) is 42.8 Å². The molecule has 0 fully saturated rings. The predicted molar refractivity (Wildman–Crippen MR) is 62.2 cm³/mol. The minimum atomic E-state index is -1.12. The lowest BCUT2D eigenvalue weighted by Gasteiger charge is -2.26. The zero-order valence-electron chi connectivity index (χ0n) is 9.33. The van der Waals surface area contributed by atoms with E-state index in [1.807, 2.05) is 0 Å². The van der Waals surface area contributed by atoms with Gasteiger partial charge in [-0.05, 0) is 6.07 Å². The molecule has 0 aromatic carbocycles. The van der Waals surface area contributed by atoms with Gasteiger partial charge in [0.25, 0.3) is 0 Å². The Bertz CT molecular complexity index is 360. The third-order valence-corrected chi connectivity index (χ3v) is 2.42. The van der Waals surface area contributed by atoms with Gasteiger partial charge in [-0.2, -0.15) is 0 Å². The maximum absolute atomic E-state index is 9.10. The third-order valence-electron chi connectivity index (χ3n) is 2.42. The van der Waals surface area contributed by atoms with Crippen molar-refractivity contribution in [2.45, 2.75) is 0 Å². The molecule has 1 rings (SSSR count). The maximum Gasteiger partial charge on any atom is 0.237 e. The number of pyridine rings is 1. The van der Waals surface area contributed by atoms with Crippen molar-refractivity contribution < 1.29 is 20.1 Å². The van der Waals surface area contributed by atoms with Gasteiger partial charge in [0.1, 0.15) is 6.61 Å². The second-order valence-corrected chi connectivity index (χ2v) is 3.93. The van der Waals surface area contributed by atoms with E-state index in [0.29, 0.717) is 5.69 Å². The molecule has 0 amide bonds. The molecule has 0 aliphatic carbocycles. The summed E-state index contributed by atoms with van der Waals surface area (Å²) in [5, 5.41) is 27.3. The molecule has 0 saturated heterocycles. The molecule has 0 bridgehead atoms. The van der Waals surface area contributed by atoms with E-state index >= 15 is 0 Å². The summed E-state index contributed by atoms with van der Waals surface area (Å²) in [4.78, 5) is 3.87. The number of rotatable bonds is 6. The van der Waals surface area contributed by atoms with Gasteiger partial charge in [-0.25, -0.2) is 4.98 Å². The summed E-state index contributed by atoms with van der Waals surface area (Å²) < 4.78 is 5.26. The van der Waals surface area contributed by atoms with E-state index in [9.17, 15) is 0 Å². The van der Waals surface area contributed by atoms with Gasteiger partial charge >= 0.3 is 0 Å². The van der Waals surface area contributed by atoms with Gasteiger partial charge in [0.2, 0.25) is 5.88 Å². The number of anilines is 2. The number of nitrogens with zero attached hydrogens (tertiary/aromatic N) is 1. The molecule has 1 aromatic heterocycles. The Hall–Kier alpha value is -1.57. The van der Waals surface area contributed by atoms with E-state index in [2.05, 4.69) is 4.98 Å². The lowest BCUT2D eigenvalue weighted by atomic mass is 9.93. The molecule has 7 N–H and O–H groups in total. The molecule has 0 radical (unpaired) electrons. The molecule has 1 aromatic rings. The average Bonchev–Trinajstić information content (AvgIpc) is 2.33. The molecule has 0 saturated carbocycles. The second kappa shape index (κ2) is 5.67. The molecule has 7 heteroatoms.